The number of aromatic nitrogens is 2. The van der Waals surface area contributed by atoms with E-state index in [4.69, 9.17) is 12.2 Å². The third kappa shape index (κ3) is 3.88. The number of nitrogens with one attached hydrogen (secondary N) is 2. The molecule has 0 aliphatic rings. The van der Waals surface area contributed by atoms with Crippen molar-refractivity contribution in [2.75, 3.05) is 0 Å². The second kappa shape index (κ2) is 7.61. The standard InChI is InChI=1S/C19H18FN3O2S/c1-12(13-6-8-14(20)9-7-13)21-17(24)10-11-23-18(25)15-4-2-3-5-16(15)22-19(23)26/h2-9,12H,10-11H2,1H3,(H,21,24)(H,22,26). The van der Waals surface area contributed by atoms with Crippen molar-refractivity contribution in [3.05, 3.63) is 75.0 Å². The van der Waals surface area contributed by atoms with Gasteiger partial charge in [0.15, 0.2) is 4.77 Å². The molecule has 1 amide bonds. The number of rotatable bonds is 5. The summed E-state index contributed by atoms with van der Waals surface area (Å²) in [4.78, 5) is 27.8. The maximum atomic E-state index is 13.0. The highest BCUT2D eigenvalue weighted by atomic mass is 32.1. The quantitative estimate of drug-likeness (QED) is 0.675. The number of halogens is 1. The van der Waals surface area contributed by atoms with Gasteiger partial charge in [0.1, 0.15) is 5.82 Å². The molecule has 0 spiro atoms. The zero-order chi connectivity index (χ0) is 18.7. The van der Waals surface area contributed by atoms with Crippen molar-refractivity contribution < 1.29 is 9.18 Å². The van der Waals surface area contributed by atoms with E-state index in [2.05, 4.69) is 10.3 Å². The third-order valence-corrected chi connectivity index (χ3v) is 4.52. The summed E-state index contributed by atoms with van der Waals surface area (Å²) in [7, 11) is 0. The van der Waals surface area contributed by atoms with E-state index >= 15 is 0 Å². The van der Waals surface area contributed by atoms with Crippen LogP contribution in [0.25, 0.3) is 10.9 Å². The first-order valence-electron chi connectivity index (χ1n) is 8.22. The molecule has 3 rings (SSSR count). The number of hydrogen-bond acceptors (Lipinski definition) is 3. The first kappa shape index (κ1) is 18.0. The van der Waals surface area contributed by atoms with Gasteiger partial charge in [0.25, 0.3) is 5.56 Å². The summed E-state index contributed by atoms with van der Waals surface area (Å²) < 4.78 is 14.6. The van der Waals surface area contributed by atoms with Crippen LogP contribution in [-0.2, 0) is 11.3 Å². The molecule has 26 heavy (non-hydrogen) atoms. The number of H-pyrrole nitrogens is 1. The lowest BCUT2D eigenvalue weighted by Crippen LogP contribution is -2.30. The second-order valence-electron chi connectivity index (χ2n) is 6.02. The van der Waals surface area contributed by atoms with Crippen molar-refractivity contribution in [2.45, 2.75) is 25.9 Å². The van der Waals surface area contributed by atoms with Crippen molar-refractivity contribution in [3.63, 3.8) is 0 Å². The Labute approximate surface area is 154 Å². The maximum absolute atomic E-state index is 13.0. The minimum Gasteiger partial charge on any atom is -0.350 e. The Hall–Kier alpha value is -2.80. The van der Waals surface area contributed by atoms with Crippen LogP contribution in [0.5, 0.6) is 0 Å². The lowest BCUT2D eigenvalue weighted by atomic mass is 10.1. The summed E-state index contributed by atoms with van der Waals surface area (Å²) in [6.07, 6.45) is 0.112. The molecule has 0 saturated carbocycles. The Balaban J connectivity index is 1.70. The van der Waals surface area contributed by atoms with Crippen molar-refractivity contribution in [2.24, 2.45) is 0 Å². The molecular formula is C19H18FN3O2S. The van der Waals surface area contributed by atoms with Crippen LogP contribution in [0.2, 0.25) is 0 Å². The number of benzene rings is 2. The Morgan fingerprint density at radius 2 is 1.92 bits per heavy atom. The van der Waals surface area contributed by atoms with Crippen LogP contribution in [0.15, 0.2) is 53.3 Å². The normalized spacial score (nSPS) is 12.1. The van der Waals surface area contributed by atoms with Gasteiger partial charge in [-0.1, -0.05) is 24.3 Å². The van der Waals surface area contributed by atoms with Crippen molar-refractivity contribution >= 4 is 29.0 Å². The van der Waals surface area contributed by atoms with E-state index < -0.39 is 0 Å². The predicted molar refractivity (Wildman–Crippen MR) is 101 cm³/mol. The van der Waals surface area contributed by atoms with E-state index in [-0.39, 0.29) is 41.1 Å². The molecule has 0 aliphatic heterocycles. The summed E-state index contributed by atoms with van der Waals surface area (Å²) in [5.41, 5.74) is 1.26. The molecule has 0 aliphatic carbocycles. The topological polar surface area (TPSA) is 66.9 Å². The predicted octanol–water partition coefficient (Wildman–Crippen LogP) is 3.47. The highest BCUT2D eigenvalue weighted by Crippen LogP contribution is 2.13. The Bertz CT molecular complexity index is 1060. The largest absolute Gasteiger partial charge is 0.350 e. The summed E-state index contributed by atoms with van der Waals surface area (Å²) in [5, 5.41) is 3.37. The van der Waals surface area contributed by atoms with Gasteiger partial charge in [-0.3, -0.25) is 14.2 Å². The smallest absolute Gasteiger partial charge is 0.262 e. The van der Waals surface area contributed by atoms with Crippen LogP contribution < -0.4 is 10.9 Å². The minimum atomic E-state index is -0.322. The van der Waals surface area contributed by atoms with Crippen LogP contribution in [0.3, 0.4) is 0 Å². The van der Waals surface area contributed by atoms with Crippen LogP contribution in [0.4, 0.5) is 4.39 Å². The molecule has 3 aromatic rings. The Kier molecular flexibility index (Phi) is 5.27. The highest BCUT2D eigenvalue weighted by molar-refractivity contribution is 7.71. The molecule has 1 atom stereocenters. The number of para-hydroxylation sites is 1. The monoisotopic (exact) mass is 371 g/mol. The number of amides is 1. The van der Waals surface area contributed by atoms with Crippen LogP contribution in [0, 0.1) is 10.6 Å². The van der Waals surface area contributed by atoms with E-state index in [0.29, 0.717) is 10.9 Å². The van der Waals surface area contributed by atoms with Crippen LogP contribution in [0.1, 0.15) is 24.9 Å². The number of nitrogens with zero attached hydrogens (tertiary/aromatic N) is 1. The number of aromatic amines is 1. The molecule has 0 saturated heterocycles. The fourth-order valence-electron chi connectivity index (χ4n) is 2.76. The molecule has 1 heterocycles. The average Bonchev–Trinajstić information content (AvgIpc) is 2.62. The number of fused-ring (bicyclic) bond motifs is 1. The van der Waals surface area contributed by atoms with Gasteiger partial charge in [-0.05, 0) is 49.0 Å². The van der Waals surface area contributed by atoms with Crippen LogP contribution in [-0.4, -0.2) is 15.5 Å². The molecule has 1 aromatic heterocycles. The molecule has 0 bridgehead atoms. The highest BCUT2D eigenvalue weighted by Gasteiger charge is 2.11. The van der Waals surface area contributed by atoms with Gasteiger partial charge < -0.3 is 10.3 Å². The van der Waals surface area contributed by atoms with Crippen LogP contribution >= 0.6 is 12.2 Å². The first-order chi connectivity index (χ1) is 12.5. The van der Waals surface area contributed by atoms with Crippen molar-refractivity contribution in [3.8, 4) is 0 Å². The molecule has 134 valence electrons. The van der Waals surface area contributed by atoms with Gasteiger partial charge in [0.05, 0.1) is 16.9 Å². The van der Waals surface area contributed by atoms with E-state index in [1.807, 2.05) is 13.0 Å². The van der Waals surface area contributed by atoms with E-state index in [9.17, 15) is 14.0 Å². The van der Waals surface area contributed by atoms with Gasteiger partial charge in [0.2, 0.25) is 5.91 Å². The van der Waals surface area contributed by atoms with Gasteiger partial charge in [-0.25, -0.2) is 4.39 Å². The summed E-state index contributed by atoms with van der Waals surface area (Å²) in [6, 6.07) is 12.8. The van der Waals surface area contributed by atoms with Crippen molar-refractivity contribution in [1.82, 2.24) is 14.9 Å². The number of carbonyl (C=O) groups is 1. The zero-order valence-electron chi connectivity index (χ0n) is 14.2. The van der Waals surface area contributed by atoms with E-state index in [1.54, 1.807) is 30.3 Å². The molecule has 7 heteroatoms. The Morgan fingerprint density at radius 1 is 1.23 bits per heavy atom. The third-order valence-electron chi connectivity index (χ3n) is 4.20. The molecule has 0 fully saturated rings. The lowest BCUT2D eigenvalue weighted by molar-refractivity contribution is -0.121. The fourth-order valence-corrected chi connectivity index (χ4v) is 3.05. The average molecular weight is 371 g/mol. The molecule has 1 unspecified atom stereocenters. The summed E-state index contributed by atoms with van der Waals surface area (Å²) >= 11 is 5.24. The molecule has 5 nitrogen and oxygen atoms in total. The zero-order valence-corrected chi connectivity index (χ0v) is 15.0. The summed E-state index contributed by atoms with van der Waals surface area (Å²) in [6.45, 7) is 2.00. The number of hydrogen-bond donors (Lipinski definition) is 2. The van der Waals surface area contributed by atoms with Gasteiger partial charge in [0, 0.05) is 13.0 Å². The van der Waals surface area contributed by atoms with Gasteiger partial charge >= 0.3 is 0 Å². The SMILES string of the molecule is CC(NC(=O)CCn1c(=S)[nH]c2ccccc2c1=O)c1ccc(F)cc1. The minimum absolute atomic E-state index is 0.112. The molecule has 0 radical (unpaired) electrons. The van der Waals surface area contributed by atoms with E-state index in [1.165, 1.54) is 16.7 Å². The van der Waals surface area contributed by atoms with Gasteiger partial charge in [-0.15, -0.1) is 0 Å². The van der Waals surface area contributed by atoms with Crippen molar-refractivity contribution in [1.29, 1.82) is 0 Å². The fraction of sp³-hybridized carbons (Fsp3) is 0.211. The summed E-state index contributed by atoms with van der Waals surface area (Å²) in [5.74, 6) is -0.534. The maximum Gasteiger partial charge on any atom is 0.262 e. The lowest BCUT2D eigenvalue weighted by Gasteiger charge is -2.15. The first-order valence-corrected chi connectivity index (χ1v) is 8.63. The molecule has 2 aromatic carbocycles. The number of carbonyl (C=O) groups excluding carboxylic acids is 1. The Morgan fingerprint density at radius 3 is 2.65 bits per heavy atom. The van der Waals surface area contributed by atoms with Gasteiger partial charge in [-0.2, -0.15) is 0 Å². The second-order valence-corrected chi connectivity index (χ2v) is 6.41. The van der Waals surface area contributed by atoms with E-state index in [0.717, 1.165) is 5.56 Å². The molecular weight excluding hydrogens is 353 g/mol. The molecule has 2 N–H and O–H groups in total.